The molecule has 0 radical (unpaired) electrons. The van der Waals surface area contributed by atoms with Crippen LogP contribution in [0.5, 0.6) is 0 Å². The number of amides is 2. The molecule has 2 fully saturated rings. The number of imide groups is 1. The molecule has 2 aliphatic rings. The molecule has 0 aliphatic carbocycles. The van der Waals surface area contributed by atoms with E-state index in [1.165, 1.54) is 12.0 Å². The van der Waals surface area contributed by atoms with Crippen LogP contribution in [0.2, 0.25) is 0 Å². The van der Waals surface area contributed by atoms with Crippen molar-refractivity contribution < 1.29 is 19.1 Å². The standard InChI is InChI=1S/C25H28N2O4/c1-5-14-25(24(30)31-4)20-19(21(26-25)17-10-6-15(2)7-11-17)22(28)27(23(20)29)18-12-8-16(3)9-13-18/h6-13,19-21,26H,5,14H2,1-4H3/t19-,20+,21-,25+/m0/s1. The highest BCUT2D eigenvalue weighted by Crippen LogP contribution is 2.51. The van der Waals surface area contributed by atoms with Gasteiger partial charge >= 0.3 is 5.97 Å². The van der Waals surface area contributed by atoms with Gasteiger partial charge in [-0.1, -0.05) is 60.9 Å². The van der Waals surface area contributed by atoms with Gasteiger partial charge in [-0.15, -0.1) is 0 Å². The molecule has 2 heterocycles. The zero-order valence-electron chi connectivity index (χ0n) is 18.3. The second-order valence-corrected chi connectivity index (χ2v) is 8.60. The van der Waals surface area contributed by atoms with Crippen molar-refractivity contribution in [1.29, 1.82) is 0 Å². The molecule has 0 saturated carbocycles. The Labute approximate surface area is 182 Å². The summed E-state index contributed by atoms with van der Waals surface area (Å²) in [5.74, 6) is -2.62. The molecule has 2 amide bonds. The number of fused-ring (bicyclic) bond motifs is 1. The van der Waals surface area contributed by atoms with Crippen LogP contribution in [0, 0.1) is 25.7 Å². The van der Waals surface area contributed by atoms with E-state index in [0.29, 0.717) is 18.5 Å². The van der Waals surface area contributed by atoms with Crippen LogP contribution in [0.3, 0.4) is 0 Å². The average Bonchev–Trinajstić information content (AvgIpc) is 3.24. The molecular formula is C25H28N2O4. The summed E-state index contributed by atoms with van der Waals surface area (Å²) < 4.78 is 5.16. The second kappa shape index (κ2) is 7.93. The molecule has 31 heavy (non-hydrogen) atoms. The molecule has 0 aromatic heterocycles. The van der Waals surface area contributed by atoms with E-state index in [1.54, 1.807) is 12.1 Å². The van der Waals surface area contributed by atoms with Crippen LogP contribution in [-0.2, 0) is 19.1 Å². The number of nitrogens with one attached hydrogen (secondary N) is 1. The Kier molecular flexibility index (Phi) is 5.43. The molecule has 0 spiro atoms. The van der Waals surface area contributed by atoms with Crippen molar-refractivity contribution in [3.05, 3.63) is 65.2 Å². The van der Waals surface area contributed by atoms with Crippen LogP contribution in [0.1, 0.15) is 42.5 Å². The maximum atomic E-state index is 13.7. The first-order valence-electron chi connectivity index (χ1n) is 10.7. The summed E-state index contributed by atoms with van der Waals surface area (Å²) in [4.78, 5) is 41.7. The molecule has 6 nitrogen and oxygen atoms in total. The maximum absolute atomic E-state index is 13.7. The summed E-state index contributed by atoms with van der Waals surface area (Å²) in [7, 11) is 1.33. The third-order valence-electron chi connectivity index (χ3n) is 6.58. The molecule has 162 valence electrons. The van der Waals surface area contributed by atoms with Crippen molar-refractivity contribution in [2.75, 3.05) is 12.0 Å². The smallest absolute Gasteiger partial charge is 0.326 e. The van der Waals surface area contributed by atoms with E-state index in [-0.39, 0.29) is 11.8 Å². The summed E-state index contributed by atoms with van der Waals surface area (Å²) in [5, 5.41) is 3.39. The van der Waals surface area contributed by atoms with Gasteiger partial charge in [-0.05, 0) is 38.0 Å². The lowest BCUT2D eigenvalue weighted by molar-refractivity contribution is -0.152. The molecule has 1 N–H and O–H groups in total. The lowest BCUT2D eigenvalue weighted by Gasteiger charge is -2.32. The summed E-state index contributed by atoms with van der Waals surface area (Å²) in [6.07, 6.45) is 1.07. The van der Waals surface area contributed by atoms with Gasteiger partial charge in [-0.3, -0.25) is 19.7 Å². The minimum atomic E-state index is -1.24. The van der Waals surface area contributed by atoms with E-state index < -0.39 is 29.4 Å². The summed E-state index contributed by atoms with van der Waals surface area (Å²) >= 11 is 0. The number of nitrogens with zero attached hydrogens (tertiary/aromatic N) is 1. The minimum absolute atomic E-state index is 0.279. The highest BCUT2D eigenvalue weighted by molar-refractivity contribution is 6.24. The van der Waals surface area contributed by atoms with Gasteiger partial charge in [-0.2, -0.15) is 0 Å². The molecule has 4 atom stereocenters. The Bertz CT molecular complexity index is 1010. The predicted octanol–water partition coefficient (Wildman–Crippen LogP) is 3.47. The Balaban J connectivity index is 1.85. The number of rotatable bonds is 5. The van der Waals surface area contributed by atoms with Gasteiger partial charge in [0.15, 0.2) is 0 Å². The fourth-order valence-corrected chi connectivity index (χ4v) is 5.11. The Morgan fingerprint density at radius 3 is 2.13 bits per heavy atom. The van der Waals surface area contributed by atoms with Gasteiger partial charge in [0.2, 0.25) is 11.8 Å². The Morgan fingerprint density at radius 1 is 1.00 bits per heavy atom. The minimum Gasteiger partial charge on any atom is -0.468 e. The van der Waals surface area contributed by atoms with Crippen LogP contribution in [0.15, 0.2) is 48.5 Å². The van der Waals surface area contributed by atoms with Crippen molar-refractivity contribution in [2.24, 2.45) is 11.8 Å². The first-order valence-corrected chi connectivity index (χ1v) is 10.7. The third-order valence-corrected chi connectivity index (χ3v) is 6.58. The Hall–Kier alpha value is -2.99. The maximum Gasteiger partial charge on any atom is 0.326 e. The summed E-state index contributed by atoms with van der Waals surface area (Å²) in [5.41, 5.74) is 2.32. The molecule has 2 aromatic carbocycles. The van der Waals surface area contributed by atoms with E-state index in [4.69, 9.17) is 4.74 Å². The monoisotopic (exact) mass is 420 g/mol. The molecule has 2 aliphatic heterocycles. The SMILES string of the molecule is CCC[C@@]1(C(=O)OC)N[C@@H](c2ccc(C)cc2)[C@H]2C(=O)N(c3ccc(C)cc3)C(=O)[C@@H]21. The van der Waals surface area contributed by atoms with Crippen LogP contribution in [0.25, 0.3) is 0 Å². The summed E-state index contributed by atoms with van der Waals surface area (Å²) in [6.45, 7) is 5.90. The van der Waals surface area contributed by atoms with Gasteiger partial charge in [0.25, 0.3) is 0 Å². The number of carbonyl (C=O) groups excluding carboxylic acids is 3. The van der Waals surface area contributed by atoms with E-state index >= 15 is 0 Å². The highest BCUT2D eigenvalue weighted by Gasteiger charge is 2.68. The molecular weight excluding hydrogens is 392 g/mol. The molecule has 6 heteroatoms. The number of hydrogen-bond acceptors (Lipinski definition) is 5. The lowest BCUT2D eigenvalue weighted by Crippen LogP contribution is -2.56. The number of ether oxygens (including phenoxy) is 1. The number of methoxy groups -OCH3 is 1. The fourth-order valence-electron chi connectivity index (χ4n) is 5.11. The first kappa shape index (κ1) is 21.2. The number of anilines is 1. The number of esters is 1. The lowest BCUT2D eigenvalue weighted by atomic mass is 9.77. The van der Waals surface area contributed by atoms with Gasteiger partial charge in [0, 0.05) is 6.04 Å². The van der Waals surface area contributed by atoms with Crippen molar-refractivity contribution in [3.8, 4) is 0 Å². The number of benzene rings is 2. The van der Waals surface area contributed by atoms with E-state index in [0.717, 1.165) is 16.7 Å². The molecule has 2 aromatic rings. The van der Waals surface area contributed by atoms with E-state index in [1.807, 2.05) is 57.2 Å². The first-order chi connectivity index (χ1) is 14.8. The van der Waals surface area contributed by atoms with Crippen molar-refractivity contribution in [2.45, 2.75) is 45.2 Å². The zero-order chi connectivity index (χ0) is 22.3. The zero-order valence-corrected chi connectivity index (χ0v) is 18.3. The summed E-state index contributed by atoms with van der Waals surface area (Å²) in [6, 6.07) is 14.7. The van der Waals surface area contributed by atoms with Crippen LogP contribution in [0.4, 0.5) is 5.69 Å². The van der Waals surface area contributed by atoms with Gasteiger partial charge in [-0.25, -0.2) is 4.90 Å². The third kappa shape index (κ3) is 3.26. The predicted molar refractivity (Wildman–Crippen MR) is 117 cm³/mol. The number of hydrogen-bond donors (Lipinski definition) is 1. The number of carbonyl (C=O) groups is 3. The average molecular weight is 421 g/mol. The van der Waals surface area contributed by atoms with Crippen LogP contribution >= 0.6 is 0 Å². The Morgan fingerprint density at radius 2 is 1.58 bits per heavy atom. The van der Waals surface area contributed by atoms with E-state index in [9.17, 15) is 14.4 Å². The molecule has 0 bridgehead atoms. The van der Waals surface area contributed by atoms with Crippen LogP contribution < -0.4 is 10.2 Å². The van der Waals surface area contributed by atoms with Crippen molar-refractivity contribution in [1.82, 2.24) is 5.32 Å². The quantitative estimate of drug-likeness (QED) is 0.592. The topological polar surface area (TPSA) is 75.7 Å². The second-order valence-electron chi connectivity index (χ2n) is 8.60. The molecule has 4 rings (SSSR count). The number of aryl methyl sites for hydroxylation is 2. The van der Waals surface area contributed by atoms with Crippen molar-refractivity contribution in [3.63, 3.8) is 0 Å². The van der Waals surface area contributed by atoms with Crippen molar-refractivity contribution >= 4 is 23.5 Å². The molecule has 2 saturated heterocycles. The highest BCUT2D eigenvalue weighted by atomic mass is 16.5. The largest absolute Gasteiger partial charge is 0.468 e. The van der Waals surface area contributed by atoms with E-state index in [2.05, 4.69) is 5.32 Å². The molecule has 0 unspecified atom stereocenters. The fraction of sp³-hybridized carbons (Fsp3) is 0.400. The van der Waals surface area contributed by atoms with Gasteiger partial charge in [0.1, 0.15) is 5.54 Å². The van der Waals surface area contributed by atoms with Crippen LogP contribution in [-0.4, -0.2) is 30.4 Å². The normalized spacial score (nSPS) is 27.5. The van der Waals surface area contributed by atoms with Gasteiger partial charge in [0.05, 0.1) is 24.6 Å². The van der Waals surface area contributed by atoms with Gasteiger partial charge < -0.3 is 4.74 Å².